The molecular formula is C9H16O. The molecule has 1 nitrogen and oxygen atoms in total. The average molecular weight is 140 g/mol. The van der Waals surface area contributed by atoms with Crippen LogP contribution in [-0.2, 0) is 4.79 Å². The van der Waals surface area contributed by atoms with Crippen molar-refractivity contribution < 1.29 is 4.79 Å². The highest BCUT2D eigenvalue weighted by molar-refractivity contribution is 5.74. The molecule has 0 aliphatic rings. The third-order valence-electron chi connectivity index (χ3n) is 1.42. The van der Waals surface area contributed by atoms with Crippen LogP contribution in [0, 0.1) is 5.41 Å². The zero-order chi connectivity index (χ0) is 8.20. The van der Waals surface area contributed by atoms with E-state index in [9.17, 15) is 4.79 Å². The van der Waals surface area contributed by atoms with Gasteiger partial charge in [0.25, 0.3) is 0 Å². The van der Waals surface area contributed by atoms with Crippen LogP contribution in [0.4, 0.5) is 0 Å². The largest absolute Gasteiger partial charge is 0.298 e. The summed E-state index contributed by atoms with van der Waals surface area (Å²) in [6, 6.07) is 0. The lowest BCUT2D eigenvalue weighted by atomic mass is 9.87. The zero-order valence-corrected chi connectivity index (χ0v) is 7.27. The van der Waals surface area contributed by atoms with E-state index in [0.717, 1.165) is 18.3 Å². The van der Waals surface area contributed by atoms with Gasteiger partial charge in [0, 0.05) is 0 Å². The summed E-state index contributed by atoms with van der Waals surface area (Å²) in [6.45, 7) is 8.17. The molecule has 0 spiro atoms. The van der Waals surface area contributed by atoms with Crippen LogP contribution in [0.3, 0.4) is 0 Å². The fourth-order valence-corrected chi connectivity index (χ4v) is 0.751. The first kappa shape index (κ1) is 9.41. The SMILES string of the molecule is CC/C=C(/C=O)C(C)(C)C. The zero-order valence-electron chi connectivity index (χ0n) is 7.27. The molecule has 10 heavy (non-hydrogen) atoms. The molecule has 0 rings (SSSR count). The molecule has 0 aromatic rings. The topological polar surface area (TPSA) is 17.1 Å². The molecule has 0 unspecified atom stereocenters. The van der Waals surface area contributed by atoms with Gasteiger partial charge in [0.05, 0.1) is 0 Å². The van der Waals surface area contributed by atoms with Gasteiger partial charge < -0.3 is 0 Å². The van der Waals surface area contributed by atoms with Crippen LogP contribution in [0.5, 0.6) is 0 Å². The second kappa shape index (κ2) is 3.55. The Hall–Kier alpha value is -0.590. The first-order chi connectivity index (χ1) is 4.52. The summed E-state index contributed by atoms with van der Waals surface area (Å²) in [7, 11) is 0. The lowest BCUT2D eigenvalue weighted by Crippen LogP contribution is -2.10. The van der Waals surface area contributed by atoms with Crippen LogP contribution in [0.1, 0.15) is 34.1 Å². The van der Waals surface area contributed by atoms with Gasteiger partial charge in [-0.1, -0.05) is 33.8 Å². The number of rotatable bonds is 2. The number of hydrogen-bond donors (Lipinski definition) is 0. The van der Waals surface area contributed by atoms with Crippen LogP contribution in [0.15, 0.2) is 11.6 Å². The van der Waals surface area contributed by atoms with Crippen molar-refractivity contribution >= 4 is 6.29 Å². The Morgan fingerprint density at radius 3 is 2.00 bits per heavy atom. The van der Waals surface area contributed by atoms with E-state index in [1.165, 1.54) is 0 Å². The molecule has 0 radical (unpaired) electrons. The minimum absolute atomic E-state index is 0.0117. The van der Waals surface area contributed by atoms with Crippen molar-refractivity contribution in [2.24, 2.45) is 5.41 Å². The van der Waals surface area contributed by atoms with E-state index in [-0.39, 0.29) is 5.41 Å². The molecule has 0 aromatic carbocycles. The molecule has 0 heterocycles. The van der Waals surface area contributed by atoms with Crippen molar-refractivity contribution in [1.29, 1.82) is 0 Å². The fraction of sp³-hybridized carbons (Fsp3) is 0.667. The summed E-state index contributed by atoms with van der Waals surface area (Å²) in [4.78, 5) is 10.5. The smallest absolute Gasteiger partial charge is 0.146 e. The highest BCUT2D eigenvalue weighted by Gasteiger charge is 2.14. The number of aldehydes is 1. The highest BCUT2D eigenvalue weighted by atomic mass is 16.1. The van der Waals surface area contributed by atoms with Crippen LogP contribution >= 0.6 is 0 Å². The Bertz CT molecular complexity index is 137. The Morgan fingerprint density at radius 1 is 1.40 bits per heavy atom. The molecule has 0 N–H and O–H groups in total. The van der Waals surface area contributed by atoms with Crippen molar-refractivity contribution in [3.63, 3.8) is 0 Å². The van der Waals surface area contributed by atoms with Crippen LogP contribution < -0.4 is 0 Å². The van der Waals surface area contributed by atoms with Crippen molar-refractivity contribution in [2.75, 3.05) is 0 Å². The maximum Gasteiger partial charge on any atom is 0.146 e. The number of allylic oxidation sites excluding steroid dienone is 2. The number of carbonyl (C=O) groups is 1. The first-order valence-corrected chi connectivity index (χ1v) is 3.68. The Morgan fingerprint density at radius 2 is 1.90 bits per heavy atom. The summed E-state index contributed by atoms with van der Waals surface area (Å²) in [5, 5.41) is 0. The van der Waals surface area contributed by atoms with E-state index in [1.54, 1.807) is 0 Å². The fourth-order valence-electron chi connectivity index (χ4n) is 0.751. The molecule has 0 aliphatic heterocycles. The number of hydrogen-bond acceptors (Lipinski definition) is 1. The van der Waals surface area contributed by atoms with E-state index in [2.05, 4.69) is 0 Å². The molecule has 0 fully saturated rings. The molecule has 58 valence electrons. The van der Waals surface area contributed by atoms with Crippen molar-refractivity contribution in [1.82, 2.24) is 0 Å². The number of carbonyl (C=O) groups excluding carboxylic acids is 1. The van der Waals surface area contributed by atoms with Gasteiger partial charge in [-0.25, -0.2) is 0 Å². The second-order valence-electron chi connectivity index (χ2n) is 3.44. The standard InChI is InChI=1S/C9H16O/c1-5-6-8(7-10)9(2,3)4/h6-7H,5H2,1-4H3/b8-6-. The summed E-state index contributed by atoms with van der Waals surface area (Å²) >= 11 is 0. The summed E-state index contributed by atoms with van der Waals surface area (Å²) in [5.74, 6) is 0. The van der Waals surface area contributed by atoms with Crippen LogP contribution in [0.2, 0.25) is 0 Å². The first-order valence-electron chi connectivity index (χ1n) is 3.68. The summed E-state index contributed by atoms with van der Waals surface area (Å²) in [6.07, 6.45) is 3.86. The van der Waals surface area contributed by atoms with Gasteiger partial charge in [0.15, 0.2) is 0 Å². The maximum atomic E-state index is 10.5. The average Bonchev–Trinajstić information content (AvgIpc) is 1.80. The Kier molecular flexibility index (Phi) is 3.34. The molecule has 0 atom stereocenters. The molecule has 0 aromatic heterocycles. The van der Waals surface area contributed by atoms with Gasteiger partial charge in [-0.05, 0) is 17.4 Å². The van der Waals surface area contributed by atoms with E-state index >= 15 is 0 Å². The monoisotopic (exact) mass is 140 g/mol. The summed E-state index contributed by atoms with van der Waals surface area (Å²) in [5.41, 5.74) is 0.910. The van der Waals surface area contributed by atoms with Crippen LogP contribution in [0.25, 0.3) is 0 Å². The predicted octanol–water partition coefficient (Wildman–Crippen LogP) is 2.57. The normalized spacial score (nSPS) is 13.4. The molecular weight excluding hydrogens is 124 g/mol. The molecule has 0 aliphatic carbocycles. The van der Waals surface area contributed by atoms with Crippen molar-refractivity contribution in [2.45, 2.75) is 34.1 Å². The minimum atomic E-state index is 0.0117. The molecule has 0 saturated heterocycles. The van der Waals surface area contributed by atoms with E-state index < -0.39 is 0 Å². The van der Waals surface area contributed by atoms with Gasteiger partial charge in [-0.3, -0.25) is 4.79 Å². The third-order valence-corrected chi connectivity index (χ3v) is 1.42. The predicted molar refractivity (Wildman–Crippen MR) is 43.9 cm³/mol. The van der Waals surface area contributed by atoms with E-state index in [1.807, 2.05) is 33.8 Å². The van der Waals surface area contributed by atoms with Gasteiger partial charge >= 0.3 is 0 Å². The van der Waals surface area contributed by atoms with Crippen LogP contribution in [-0.4, -0.2) is 6.29 Å². The minimum Gasteiger partial charge on any atom is -0.298 e. The van der Waals surface area contributed by atoms with Crippen molar-refractivity contribution in [3.05, 3.63) is 11.6 Å². The van der Waals surface area contributed by atoms with Gasteiger partial charge in [0.1, 0.15) is 6.29 Å². The second-order valence-corrected chi connectivity index (χ2v) is 3.44. The molecule has 0 saturated carbocycles. The van der Waals surface area contributed by atoms with Crippen molar-refractivity contribution in [3.8, 4) is 0 Å². The highest BCUT2D eigenvalue weighted by Crippen LogP contribution is 2.23. The quantitative estimate of drug-likeness (QED) is 0.425. The third kappa shape index (κ3) is 2.81. The van der Waals surface area contributed by atoms with Gasteiger partial charge in [-0.15, -0.1) is 0 Å². The van der Waals surface area contributed by atoms with E-state index in [4.69, 9.17) is 0 Å². The van der Waals surface area contributed by atoms with Gasteiger partial charge in [0.2, 0.25) is 0 Å². The maximum absolute atomic E-state index is 10.5. The summed E-state index contributed by atoms with van der Waals surface area (Å²) < 4.78 is 0. The molecule has 1 heteroatoms. The van der Waals surface area contributed by atoms with E-state index in [0.29, 0.717) is 0 Å². The Balaban J connectivity index is 4.36. The molecule has 0 amide bonds. The Labute approximate surface area is 63.1 Å². The lowest BCUT2D eigenvalue weighted by Gasteiger charge is -2.17. The van der Waals surface area contributed by atoms with Gasteiger partial charge in [-0.2, -0.15) is 0 Å². The molecule has 0 bridgehead atoms. The lowest BCUT2D eigenvalue weighted by molar-refractivity contribution is -0.105.